The molecule has 1 fully saturated rings. The van der Waals surface area contributed by atoms with Crippen LogP contribution in [-0.4, -0.2) is 37.1 Å². The molecule has 0 spiro atoms. The molecule has 110 valence electrons. The minimum Gasteiger partial charge on any atom is -0.475 e. The molecule has 0 radical (unpaired) electrons. The van der Waals surface area contributed by atoms with E-state index in [1.807, 2.05) is 0 Å². The van der Waals surface area contributed by atoms with Gasteiger partial charge in [0.25, 0.3) is 0 Å². The second kappa shape index (κ2) is 7.67. The molecule has 20 heavy (non-hydrogen) atoms. The minimum atomic E-state index is 0.0565. The van der Waals surface area contributed by atoms with Gasteiger partial charge in [-0.15, -0.1) is 0 Å². The minimum absolute atomic E-state index is 0.0565. The average Bonchev–Trinajstić information content (AvgIpc) is 2.46. The Morgan fingerprint density at radius 3 is 3.10 bits per heavy atom. The molecule has 1 saturated heterocycles. The summed E-state index contributed by atoms with van der Waals surface area (Å²) in [5.74, 6) is 0.446. The van der Waals surface area contributed by atoms with Crippen LogP contribution >= 0.6 is 23.2 Å². The number of pyridine rings is 1. The first kappa shape index (κ1) is 15.4. The molecule has 1 aromatic rings. The van der Waals surface area contributed by atoms with E-state index in [9.17, 15) is 4.79 Å². The van der Waals surface area contributed by atoms with Gasteiger partial charge in [0.1, 0.15) is 11.6 Å². The van der Waals surface area contributed by atoms with Crippen molar-refractivity contribution < 1.29 is 9.53 Å². The molecule has 1 aliphatic rings. The zero-order valence-electron chi connectivity index (χ0n) is 11.0. The topological polar surface area (TPSA) is 63.2 Å². The number of hydrogen-bond donors (Lipinski definition) is 2. The lowest BCUT2D eigenvalue weighted by Crippen LogP contribution is -2.41. The molecule has 5 nitrogen and oxygen atoms in total. The standard InChI is InChI=1S/C13H17Cl2N3O2/c14-10-6-11(15)13(18-8-10)20-5-4-17-12(19)9-2-1-3-16-7-9/h6,8-9,16H,1-5,7H2,(H,17,19). The van der Waals surface area contributed by atoms with Gasteiger partial charge in [-0.2, -0.15) is 0 Å². The van der Waals surface area contributed by atoms with Crippen molar-refractivity contribution in [3.05, 3.63) is 22.3 Å². The van der Waals surface area contributed by atoms with Crippen LogP contribution in [0, 0.1) is 5.92 Å². The Labute approximate surface area is 128 Å². The van der Waals surface area contributed by atoms with Crippen molar-refractivity contribution in [3.63, 3.8) is 0 Å². The number of aromatic nitrogens is 1. The van der Waals surface area contributed by atoms with Gasteiger partial charge in [0.2, 0.25) is 11.8 Å². The second-order valence-electron chi connectivity index (χ2n) is 4.62. The van der Waals surface area contributed by atoms with Crippen molar-refractivity contribution in [1.29, 1.82) is 0 Å². The number of carbonyl (C=O) groups excluding carboxylic acids is 1. The van der Waals surface area contributed by atoms with Crippen molar-refractivity contribution in [3.8, 4) is 5.88 Å². The first-order valence-corrected chi connectivity index (χ1v) is 7.34. The van der Waals surface area contributed by atoms with Gasteiger partial charge in [-0.3, -0.25) is 4.79 Å². The van der Waals surface area contributed by atoms with E-state index >= 15 is 0 Å². The molecule has 2 heterocycles. The van der Waals surface area contributed by atoms with Crippen molar-refractivity contribution in [1.82, 2.24) is 15.6 Å². The van der Waals surface area contributed by atoms with E-state index in [0.717, 1.165) is 25.9 Å². The summed E-state index contributed by atoms with van der Waals surface area (Å²) in [6, 6.07) is 1.57. The molecule has 0 bridgehead atoms. The number of ether oxygens (including phenoxy) is 1. The maximum Gasteiger partial charge on any atom is 0.232 e. The van der Waals surface area contributed by atoms with Gasteiger partial charge in [0, 0.05) is 12.7 Å². The van der Waals surface area contributed by atoms with Gasteiger partial charge in [0.15, 0.2) is 0 Å². The lowest BCUT2D eigenvalue weighted by Gasteiger charge is -2.21. The lowest BCUT2D eigenvalue weighted by molar-refractivity contribution is -0.125. The highest BCUT2D eigenvalue weighted by molar-refractivity contribution is 6.35. The molecular weight excluding hydrogens is 301 g/mol. The number of nitrogens with one attached hydrogen (secondary N) is 2. The third-order valence-electron chi connectivity index (χ3n) is 3.08. The number of nitrogens with zero attached hydrogens (tertiary/aromatic N) is 1. The average molecular weight is 318 g/mol. The number of halogens is 2. The van der Waals surface area contributed by atoms with Crippen LogP contribution in [0.4, 0.5) is 0 Å². The predicted octanol–water partition coefficient (Wildman–Crippen LogP) is 1.88. The summed E-state index contributed by atoms with van der Waals surface area (Å²) in [6.45, 7) is 2.49. The third kappa shape index (κ3) is 4.51. The smallest absolute Gasteiger partial charge is 0.232 e. The van der Waals surface area contributed by atoms with Crippen molar-refractivity contribution >= 4 is 29.1 Å². The summed E-state index contributed by atoms with van der Waals surface area (Å²) in [7, 11) is 0. The zero-order valence-corrected chi connectivity index (χ0v) is 12.5. The van der Waals surface area contributed by atoms with Crippen LogP contribution in [0.3, 0.4) is 0 Å². The first-order chi connectivity index (χ1) is 9.66. The summed E-state index contributed by atoms with van der Waals surface area (Å²) < 4.78 is 5.40. The monoisotopic (exact) mass is 317 g/mol. The van der Waals surface area contributed by atoms with Crippen LogP contribution in [0.1, 0.15) is 12.8 Å². The van der Waals surface area contributed by atoms with Crippen LogP contribution in [0.5, 0.6) is 5.88 Å². The number of carbonyl (C=O) groups is 1. The molecule has 1 aromatic heterocycles. The van der Waals surface area contributed by atoms with Crippen LogP contribution in [0.2, 0.25) is 10.0 Å². The maximum atomic E-state index is 11.9. The van der Waals surface area contributed by atoms with Crippen molar-refractivity contribution in [2.24, 2.45) is 5.92 Å². The highest BCUT2D eigenvalue weighted by Gasteiger charge is 2.20. The van der Waals surface area contributed by atoms with Gasteiger partial charge in [-0.05, 0) is 25.5 Å². The van der Waals surface area contributed by atoms with Crippen LogP contribution in [-0.2, 0) is 4.79 Å². The molecule has 0 aromatic carbocycles. The molecule has 0 saturated carbocycles. The highest BCUT2D eigenvalue weighted by Crippen LogP contribution is 2.24. The summed E-state index contributed by atoms with van der Waals surface area (Å²) in [5.41, 5.74) is 0. The van der Waals surface area contributed by atoms with E-state index in [2.05, 4.69) is 15.6 Å². The molecule has 0 aliphatic carbocycles. The van der Waals surface area contributed by atoms with Crippen LogP contribution in [0.25, 0.3) is 0 Å². The fraction of sp³-hybridized carbons (Fsp3) is 0.538. The molecule has 1 unspecified atom stereocenters. The summed E-state index contributed by atoms with van der Waals surface area (Å²) in [4.78, 5) is 15.8. The number of hydrogen-bond acceptors (Lipinski definition) is 4. The van der Waals surface area contributed by atoms with E-state index in [0.29, 0.717) is 29.1 Å². The van der Waals surface area contributed by atoms with Gasteiger partial charge < -0.3 is 15.4 Å². The molecule has 1 amide bonds. The van der Waals surface area contributed by atoms with Gasteiger partial charge in [-0.25, -0.2) is 4.98 Å². The second-order valence-corrected chi connectivity index (χ2v) is 5.47. The van der Waals surface area contributed by atoms with Crippen LogP contribution < -0.4 is 15.4 Å². The normalized spacial score (nSPS) is 18.6. The third-order valence-corrected chi connectivity index (χ3v) is 3.56. The number of rotatable bonds is 5. The van der Waals surface area contributed by atoms with E-state index in [1.165, 1.54) is 6.20 Å². The number of amides is 1. The first-order valence-electron chi connectivity index (χ1n) is 6.59. The van der Waals surface area contributed by atoms with E-state index < -0.39 is 0 Å². The van der Waals surface area contributed by atoms with Gasteiger partial charge in [-0.1, -0.05) is 23.2 Å². The fourth-order valence-corrected chi connectivity index (χ4v) is 2.48. The Balaban J connectivity index is 1.69. The Morgan fingerprint density at radius 1 is 1.55 bits per heavy atom. The molecular formula is C13H17Cl2N3O2. The Kier molecular flexibility index (Phi) is 5.88. The Bertz CT molecular complexity index is 465. The fourth-order valence-electron chi connectivity index (χ4n) is 2.05. The number of piperidine rings is 1. The molecule has 1 aliphatic heterocycles. The SMILES string of the molecule is O=C(NCCOc1ncc(Cl)cc1Cl)C1CCCNC1. The Hall–Kier alpha value is -1.04. The quantitative estimate of drug-likeness (QED) is 0.814. The predicted molar refractivity (Wildman–Crippen MR) is 78.4 cm³/mol. The maximum absolute atomic E-state index is 11.9. The van der Waals surface area contributed by atoms with E-state index in [4.69, 9.17) is 27.9 Å². The highest BCUT2D eigenvalue weighted by atomic mass is 35.5. The molecule has 2 rings (SSSR count). The van der Waals surface area contributed by atoms with Gasteiger partial charge in [0.05, 0.1) is 17.5 Å². The summed E-state index contributed by atoms with van der Waals surface area (Å²) >= 11 is 11.7. The van der Waals surface area contributed by atoms with Gasteiger partial charge >= 0.3 is 0 Å². The Morgan fingerprint density at radius 2 is 2.40 bits per heavy atom. The van der Waals surface area contributed by atoms with E-state index in [-0.39, 0.29) is 11.8 Å². The van der Waals surface area contributed by atoms with Crippen molar-refractivity contribution in [2.45, 2.75) is 12.8 Å². The summed E-state index contributed by atoms with van der Waals surface area (Å²) in [6.07, 6.45) is 3.44. The van der Waals surface area contributed by atoms with E-state index in [1.54, 1.807) is 6.07 Å². The molecule has 1 atom stereocenters. The largest absolute Gasteiger partial charge is 0.475 e. The van der Waals surface area contributed by atoms with Crippen LogP contribution in [0.15, 0.2) is 12.3 Å². The summed E-state index contributed by atoms with van der Waals surface area (Å²) in [5, 5.41) is 6.89. The zero-order chi connectivity index (χ0) is 14.4. The molecule has 7 heteroatoms. The lowest BCUT2D eigenvalue weighted by atomic mass is 9.99. The van der Waals surface area contributed by atoms with Crippen molar-refractivity contribution in [2.75, 3.05) is 26.2 Å². The molecule has 2 N–H and O–H groups in total.